The van der Waals surface area contributed by atoms with Crippen molar-refractivity contribution in [1.29, 1.82) is 5.26 Å². The van der Waals surface area contributed by atoms with E-state index in [0.29, 0.717) is 22.0 Å². The van der Waals surface area contributed by atoms with E-state index in [1.165, 1.54) is 4.88 Å². The average molecular weight is 296 g/mol. The number of aryl methyl sites for hydroxylation is 1. The molecule has 0 unspecified atom stereocenters. The summed E-state index contributed by atoms with van der Waals surface area (Å²) in [5.41, 5.74) is 2.42. The second-order valence-electron chi connectivity index (χ2n) is 5.37. The molecule has 3 rings (SSSR count). The van der Waals surface area contributed by atoms with Gasteiger partial charge in [0.1, 0.15) is 11.1 Å². The maximum atomic E-state index is 12.3. The third kappa shape index (κ3) is 2.57. The Kier molecular flexibility index (Phi) is 3.76. The summed E-state index contributed by atoms with van der Waals surface area (Å²) in [4.78, 5) is 13.5. The lowest BCUT2D eigenvalue weighted by molar-refractivity contribution is 0.102. The van der Waals surface area contributed by atoms with Crippen LogP contribution in [0.3, 0.4) is 0 Å². The first-order chi connectivity index (χ1) is 10.2. The Morgan fingerprint density at radius 1 is 1.38 bits per heavy atom. The molecule has 0 spiro atoms. The number of hydrogen-bond acceptors (Lipinski definition) is 3. The summed E-state index contributed by atoms with van der Waals surface area (Å²) in [5.74, 6) is 0.250. The first-order valence-electron chi connectivity index (χ1n) is 7.12. The number of hydrogen-bond donors (Lipinski definition) is 1. The predicted octanol–water partition coefficient (Wildman–Crippen LogP) is 4.31. The van der Waals surface area contributed by atoms with Crippen LogP contribution in [0.25, 0.3) is 0 Å². The molecule has 1 aliphatic rings. The van der Waals surface area contributed by atoms with E-state index >= 15 is 0 Å². The third-order valence-corrected chi connectivity index (χ3v) is 5.11. The third-order valence-electron chi connectivity index (χ3n) is 3.93. The first-order valence-corrected chi connectivity index (χ1v) is 7.94. The van der Waals surface area contributed by atoms with E-state index < -0.39 is 0 Å². The van der Waals surface area contributed by atoms with Gasteiger partial charge in [-0.2, -0.15) is 5.26 Å². The highest BCUT2D eigenvalue weighted by Crippen LogP contribution is 2.43. The number of carbonyl (C=O) groups is 1. The molecular formula is C17H16N2OS. The van der Waals surface area contributed by atoms with Crippen LogP contribution in [0.15, 0.2) is 30.3 Å². The zero-order valence-electron chi connectivity index (χ0n) is 11.8. The van der Waals surface area contributed by atoms with Crippen LogP contribution in [0.4, 0.5) is 5.00 Å². The van der Waals surface area contributed by atoms with Crippen molar-refractivity contribution in [1.82, 2.24) is 0 Å². The monoisotopic (exact) mass is 296 g/mol. The maximum absolute atomic E-state index is 12.3. The van der Waals surface area contributed by atoms with E-state index in [9.17, 15) is 10.1 Å². The Morgan fingerprint density at radius 3 is 2.86 bits per heavy atom. The molecule has 1 N–H and O–H groups in total. The molecule has 1 aromatic heterocycles. The van der Waals surface area contributed by atoms with Gasteiger partial charge in [0, 0.05) is 10.4 Å². The van der Waals surface area contributed by atoms with Crippen molar-refractivity contribution in [3.63, 3.8) is 0 Å². The number of amides is 1. The maximum Gasteiger partial charge on any atom is 0.256 e. The standard InChI is InChI=1S/C17H16N2OS/c1-11-6-5-9-14-15(11)13(10-18)17(21-14)19-16(20)12-7-3-2-4-8-12/h2-4,7-8,11H,5-6,9H2,1H3,(H,19,20)/t11-/m1/s1. The normalized spacial score (nSPS) is 16.9. The van der Waals surface area contributed by atoms with Gasteiger partial charge in [0.05, 0.1) is 5.56 Å². The topological polar surface area (TPSA) is 52.9 Å². The fourth-order valence-corrected chi connectivity index (χ4v) is 4.18. The van der Waals surface area contributed by atoms with Crippen LogP contribution < -0.4 is 5.32 Å². The number of benzene rings is 1. The smallest absolute Gasteiger partial charge is 0.256 e. The number of fused-ring (bicyclic) bond motifs is 1. The van der Waals surface area contributed by atoms with Gasteiger partial charge in [-0.15, -0.1) is 11.3 Å². The van der Waals surface area contributed by atoms with Crippen molar-refractivity contribution in [3.8, 4) is 6.07 Å². The molecule has 1 aliphatic carbocycles. The van der Waals surface area contributed by atoms with E-state index in [1.54, 1.807) is 23.5 Å². The van der Waals surface area contributed by atoms with Crippen molar-refractivity contribution in [3.05, 3.63) is 51.9 Å². The Labute approximate surface area is 128 Å². The zero-order chi connectivity index (χ0) is 14.8. The highest BCUT2D eigenvalue weighted by atomic mass is 32.1. The van der Waals surface area contributed by atoms with Gasteiger partial charge in [0.25, 0.3) is 5.91 Å². The zero-order valence-corrected chi connectivity index (χ0v) is 12.7. The number of anilines is 1. The van der Waals surface area contributed by atoms with Gasteiger partial charge < -0.3 is 5.32 Å². The number of rotatable bonds is 2. The summed E-state index contributed by atoms with van der Waals surface area (Å²) < 4.78 is 0. The van der Waals surface area contributed by atoms with Crippen LogP contribution in [0.1, 0.15) is 52.0 Å². The number of nitriles is 1. The van der Waals surface area contributed by atoms with E-state index in [4.69, 9.17) is 0 Å². The minimum Gasteiger partial charge on any atom is -0.312 e. The molecule has 0 bridgehead atoms. The van der Waals surface area contributed by atoms with Crippen LogP contribution in [-0.2, 0) is 6.42 Å². The van der Waals surface area contributed by atoms with E-state index in [2.05, 4.69) is 18.3 Å². The molecule has 0 aliphatic heterocycles. The van der Waals surface area contributed by atoms with Crippen LogP contribution in [0, 0.1) is 11.3 Å². The molecule has 4 heteroatoms. The molecule has 2 aromatic rings. The lowest BCUT2D eigenvalue weighted by Gasteiger charge is -2.18. The summed E-state index contributed by atoms with van der Waals surface area (Å²) in [6, 6.07) is 11.4. The molecule has 106 valence electrons. The van der Waals surface area contributed by atoms with Gasteiger partial charge in [-0.05, 0) is 42.9 Å². The molecule has 1 amide bonds. The number of carbonyl (C=O) groups excluding carboxylic acids is 1. The summed E-state index contributed by atoms with van der Waals surface area (Å²) >= 11 is 1.56. The highest BCUT2D eigenvalue weighted by Gasteiger charge is 2.26. The van der Waals surface area contributed by atoms with Gasteiger partial charge in [-0.1, -0.05) is 25.1 Å². The molecule has 3 nitrogen and oxygen atoms in total. The van der Waals surface area contributed by atoms with Gasteiger partial charge in [0.2, 0.25) is 0 Å². The van der Waals surface area contributed by atoms with Crippen LogP contribution in [0.5, 0.6) is 0 Å². The molecule has 1 heterocycles. The van der Waals surface area contributed by atoms with Crippen molar-refractivity contribution in [2.75, 3.05) is 5.32 Å². The largest absolute Gasteiger partial charge is 0.312 e. The van der Waals surface area contributed by atoms with E-state index in [-0.39, 0.29) is 5.91 Å². The molecule has 0 saturated heterocycles. The van der Waals surface area contributed by atoms with Crippen molar-refractivity contribution < 1.29 is 4.79 Å². The van der Waals surface area contributed by atoms with E-state index in [1.807, 2.05) is 18.2 Å². The Bertz CT molecular complexity index is 712. The summed E-state index contributed by atoms with van der Waals surface area (Å²) in [5, 5.41) is 13.1. The number of nitrogens with one attached hydrogen (secondary N) is 1. The van der Waals surface area contributed by atoms with Crippen molar-refractivity contribution >= 4 is 22.2 Å². The molecule has 21 heavy (non-hydrogen) atoms. The Morgan fingerprint density at radius 2 is 2.14 bits per heavy atom. The van der Waals surface area contributed by atoms with Gasteiger partial charge >= 0.3 is 0 Å². The van der Waals surface area contributed by atoms with Gasteiger partial charge in [-0.3, -0.25) is 4.79 Å². The summed E-state index contributed by atoms with van der Waals surface area (Å²) in [6.07, 6.45) is 3.29. The van der Waals surface area contributed by atoms with Gasteiger partial charge in [0.15, 0.2) is 0 Å². The number of thiophene rings is 1. The minimum atomic E-state index is -0.154. The van der Waals surface area contributed by atoms with Crippen molar-refractivity contribution in [2.24, 2.45) is 0 Å². The fraction of sp³-hybridized carbons (Fsp3) is 0.294. The lowest BCUT2D eigenvalue weighted by Crippen LogP contribution is -2.11. The molecular weight excluding hydrogens is 280 g/mol. The van der Waals surface area contributed by atoms with Crippen molar-refractivity contribution in [2.45, 2.75) is 32.1 Å². The molecule has 0 saturated carbocycles. The minimum absolute atomic E-state index is 0.154. The van der Waals surface area contributed by atoms with Crippen LogP contribution in [0.2, 0.25) is 0 Å². The molecule has 0 radical (unpaired) electrons. The lowest BCUT2D eigenvalue weighted by atomic mass is 9.87. The molecule has 0 fully saturated rings. The molecule has 1 aromatic carbocycles. The van der Waals surface area contributed by atoms with Gasteiger partial charge in [-0.25, -0.2) is 0 Å². The second kappa shape index (κ2) is 5.71. The van der Waals surface area contributed by atoms with Crippen LogP contribution in [-0.4, -0.2) is 5.91 Å². The highest BCUT2D eigenvalue weighted by molar-refractivity contribution is 7.16. The summed E-state index contributed by atoms with van der Waals surface area (Å²) in [6.45, 7) is 2.16. The predicted molar refractivity (Wildman–Crippen MR) is 84.8 cm³/mol. The van der Waals surface area contributed by atoms with E-state index in [0.717, 1.165) is 24.8 Å². The Balaban J connectivity index is 1.93. The summed E-state index contributed by atoms with van der Waals surface area (Å²) in [7, 11) is 0. The fourth-order valence-electron chi connectivity index (χ4n) is 2.87. The SMILES string of the molecule is C[C@@H]1CCCc2sc(NC(=O)c3ccccc3)c(C#N)c21. The average Bonchev–Trinajstić information content (AvgIpc) is 2.86. The first kappa shape index (κ1) is 13.8. The number of nitrogens with zero attached hydrogens (tertiary/aromatic N) is 1. The second-order valence-corrected chi connectivity index (χ2v) is 6.47. The quantitative estimate of drug-likeness (QED) is 0.897. The van der Waals surface area contributed by atoms with Crippen LogP contribution >= 0.6 is 11.3 Å². The Hall–Kier alpha value is -2.12. The molecule has 1 atom stereocenters.